The van der Waals surface area contributed by atoms with Crippen molar-refractivity contribution in [3.05, 3.63) is 94.5 Å². The number of benzene rings is 3. The first-order valence-corrected chi connectivity index (χ1v) is 11.7. The number of rotatable bonds is 4. The van der Waals surface area contributed by atoms with Crippen molar-refractivity contribution in [1.29, 1.82) is 0 Å². The quantitative estimate of drug-likeness (QED) is 0.663. The van der Waals surface area contributed by atoms with Crippen molar-refractivity contribution in [2.24, 2.45) is 0 Å². The van der Waals surface area contributed by atoms with Gasteiger partial charge in [-0.05, 0) is 61.6 Å². The average molecular weight is 435 g/mol. The van der Waals surface area contributed by atoms with Gasteiger partial charge in [0, 0.05) is 12.2 Å². The van der Waals surface area contributed by atoms with Crippen LogP contribution in [0.3, 0.4) is 0 Å². The molecule has 1 heterocycles. The van der Waals surface area contributed by atoms with E-state index in [4.69, 9.17) is 0 Å². The van der Waals surface area contributed by atoms with E-state index < -0.39 is 16.1 Å². The van der Waals surface area contributed by atoms with E-state index in [2.05, 4.69) is 5.32 Å². The zero-order valence-corrected chi connectivity index (χ0v) is 18.7. The van der Waals surface area contributed by atoms with Crippen LogP contribution in [0.15, 0.2) is 71.6 Å². The SMILES string of the molecule is Cc1ccc(S(=O)(=O)N2Cc3ccccc3C[C@H]2C(=O)Nc2c(C)cccc2C)cc1. The zero-order valence-electron chi connectivity index (χ0n) is 17.9. The third-order valence-electron chi connectivity index (χ3n) is 5.87. The smallest absolute Gasteiger partial charge is 0.244 e. The van der Waals surface area contributed by atoms with Crippen molar-refractivity contribution in [1.82, 2.24) is 4.31 Å². The summed E-state index contributed by atoms with van der Waals surface area (Å²) in [5.74, 6) is -0.317. The minimum atomic E-state index is -3.86. The van der Waals surface area contributed by atoms with Crippen LogP contribution < -0.4 is 5.32 Å². The lowest BCUT2D eigenvalue weighted by atomic mass is 9.95. The molecule has 31 heavy (non-hydrogen) atoms. The lowest BCUT2D eigenvalue weighted by Gasteiger charge is -2.35. The van der Waals surface area contributed by atoms with Gasteiger partial charge in [-0.2, -0.15) is 4.31 Å². The van der Waals surface area contributed by atoms with Crippen LogP contribution in [0.4, 0.5) is 5.69 Å². The fraction of sp³-hybridized carbons (Fsp3) is 0.240. The number of hydrogen-bond donors (Lipinski definition) is 1. The van der Waals surface area contributed by atoms with Crippen LogP contribution in [0, 0.1) is 20.8 Å². The lowest BCUT2D eigenvalue weighted by molar-refractivity contribution is -0.120. The Bertz CT molecular complexity index is 1210. The summed E-state index contributed by atoms with van der Waals surface area (Å²) in [5, 5.41) is 3.00. The van der Waals surface area contributed by atoms with E-state index >= 15 is 0 Å². The van der Waals surface area contributed by atoms with Crippen LogP contribution in [-0.4, -0.2) is 24.7 Å². The summed E-state index contributed by atoms with van der Waals surface area (Å²) in [6, 6.07) is 19.4. The number of nitrogens with zero attached hydrogens (tertiary/aromatic N) is 1. The van der Waals surface area contributed by atoms with E-state index in [0.29, 0.717) is 6.42 Å². The van der Waals surface area contributed by atoms with Crippen LogP contribution in [0.5, 0.6) is 0 Å². The fourth-order valence-electron chi connectivity index (χ4n) is 4.04. The summed E-state index contributed by atoms with van der Waals surface area (Å²) in [6.07, 6.45) is 0.331. The van der Waals surface area contributed by atoms with Gasteiger partial charge in [0.1, 0.15) is 6.04 Å². The third kappa shape index (κ3) is 4.13. The molecule has 0 unspecified atom stereocenters. The Morgan fingerprint density at radius 3 is 2.13 bits per heavy atom. The van der Waals surface area contributed by atoms with Gasteiger partial charge >= 0.3 is 0 Å². The maximum atomic E-state index is 13.6. The van der Waals surface area contributed by atoms with Gasteiger partial charge in [-0.1, -0.05) is 60.2 Å². The molecule has 5 nitrogen and oxygen atoms in total. The standard InChI is InChI=1S/C25H26N2O3S/c1-17-11-13-22(14-12-17)31(29,30)27-16-21-10-5-4-9-20(21)15-23(27)25(28)26-24-18(2)7-6-8-19(24)3/h4-14,23H,15-16H2,1-3H3,(H,26,28)/t23-/m0/s1. The minimum absolute atomic E-state index is 0.164. The van der Waals surface area contributed by atoms with Crippen molar-refractivity contribution < 1.29 is 13.2 Å². The number of aryl methyl sites for hydroxylation is 3. The molecule has 1 aliphatic heterocycles. The van der Waals surface area contributed by atoms with Gasteiger partial charge in [0.15, 0.2) is 0 Å². The van der Waals surface area contributed by atoms with Crippen LogP contribution >= 0.6 is 0 Å². The van der Waals surface area contributed by atoms with Gasteiger partial charge in [-0.25, -0.2) is 8.42 Å². The monoisotopic (exact) mass is 434 g/mol. The minimum Gasteiger partial charge on any atom is -0.324 e. The topological polar surface area (TPSA) is 66.5 Å². The summed E-state index contributed by atoms with van der Waals surface area (Å²) in [7, 11) is -3.86. The highest BCUT2D eigenvalue weighted by Crippen LogP contribution is 2.30. The predicted octanol–water partition coefficient (Wildman–Crippen LogP) is 4.37. The van der Waals surface area contributed by atoms with Crippen molar-refractivity contribution >= 4 is 21.6 Å². The molecular formula is C25H26N2O3S. The maximum absolute atomic E-state index is 13.6. The molecule has 0 aliphatic carbocycles. The Morgan fingerprint density at radius 2 is 1.48 bits per heavy atom. The number of para-hydroxylation sites is 1. The molecule has 0 spiro atoms. The van der Waals surface area contributed by atoms with E-state index in [9.17, 15) is 13.2 Å². The highest BCUT2D eigenvalue weighted by atomic mass is 32.2. The molecule has 6 heteroatoms. The number of hydrogen-bond acceptors (Lipinski definition) is 3. The van der Waals surface area contributed by atoms with Crippen molar-refractivity contribution in [3.8, 4) is 0 Å². The van der Waals surface area contributed by atoms with Gasteiger partial charge in [0.2, 0.25) is 15.9 Å². The second-order valence-corrected chi connectivity index (χ2v) is 10.00. The van der Waals surface area contributed by atoms with Crippen LogP contribution in [0.25, 0.3) is 0 Å². The number of carbonyl (C=O) groups is 1. The third-order valence-corrected chi connectivity index (χ3v) is 7.73. The van der Waals surface area contributed by atoms with E-state index in [1.807, 2.05) is 63.2 Å². The first kappa shape index (κ1) is 21.3. The summed E-state index contributed by atoms with van der Waals surface area (Å²) in [6.45, 7) is 5.94. The Morgan fingerprint density at radius 1 is 0.871 bits per heavy atom. The predicted molar refractivity (Wildman–Crippen MR) is 122 cm³/mol. The summed E-state index contributed by atoms with van der Waals surface area (Å²) in [4.78, 5) is 13.6. The molecular weight excluding hydrogens is 408 g/mol. The Hall–Kier alpha value is -2.96. The number of amides is 1. The van der Waals surface area contributed by atoms with Gasteiger partial charge in [-0.15, -0.1) is 0 Å². The summed E-state index contributed by atoms with van der Waals surface area (Å²) < 4.78 is 28.4. The first-order chi connectivity index (χ1) is 14.8. The zero-order chi connectivity index (χ0) is 22.2. The Labute approximate surface area is 183 Å². The molecule has 4 rings (SSSR count). The molecule has 1 N–H and O–H groups in total. The maximum Gasteiger partial charge on any atom is 0.244 e. The van der Waals surface area contributed by atoms with Crippen LogP contribution in [0.2, 0.25) is 0 Å². The lowest BCUT2D eigenvalue weighted by Crippen LogP contribution is -2.50. The van der Waals surface area contributed by atoms with Gasteiger partial charge in [0.25, 0.3) is 0 Å². The Kier molecular flexibility index (Phi) is 5.69. The van der Waals surface area contributed by atoms with Crippen molar-refractivity contribution in [2.75, 3.05) is 5.32 Å². The van der Waals surface area contributed by atoms with Crippen molar-refractivity contribution in [3.63, 3.8) is 0 Å². The van der Waals surface area contributed by atoms with Gasteiger partial charge in [0.05, 0.1) is 4.90 Å². The molecule has 0 fully saturated rings. The van der Waals surface area contributed by atoms with Crippen molar-refractivity contribution in [2.45, 2.75) is 44.7 Å². The molecule has 1 amide bonds. The number of anilines is 1. The molecule has 1 aliphatic rings. The van der Waals surface area contributed by atoms with E-state index in [0.717, 1.165) is 33.5 Å². The van der Waals surface area contributed by atoms with E-state index in [1.54, 1.807) is 24.3 Å². The fourth-order valence-corrected chi connectivity index (χ4v) is 5.60. The van der Waals surface area contributed by atoms with Gasteiger partial charge in [-0.3, -0.25) is 4.79 Å². The van der Waals surface area contributed by atoms with Crippen LogP contribution in [0.1, 0.15) is 27.8 Å². The Balaban J connectivity index is 1.74. The highest BCUT2D eigenvalue weighted by Gasteiger charge is 2.39. The number of carbonyl (C=O) groups excluding carboxylic acids is 1. The van der Waals surface area contributed by atoms with E-state index in [-0.39, 0.29) is 17.3 Å². The first-order valence-electron chi connectivity index (χ1n) is 10.3. The molecule has 0 saturated carbocycles. The second kappa shape index (κ2) is 8.29. The van der Waals surface area contributed by atoms with E-state index in [1.165, 1.54) is 4.31 Å². The largest absolute Gasteiger partial charge is 0.324 e. The molecule has 0 aromatic heterocycles. The molecule has 0 bridgehead atoms. The number of fused-ring (bicyclic) bond motifs is 1. The highest BCUT2D eigenvalue weighted by molar-refractivity contribution is 7.89. The van der Waals surface area contributed by atoms with Gasteiger partial charge < -0.3 is 5.32 Å². The normalized spacial score (nSPS) is 16.5. The molecule has 3 aromatic rings. The molecule has 3 aromatic carbocycles. The molecule has 160 valence electrons. The average Bonchev–Trinajstić information content (AvgIpc) is 2.75. The number of nitrogens with one attached hydrogen (secondary N) is 1. The molecule has 0 radical (unpaired) electrons. The summed E-state index contributed by atoms with van der Waals surface area (Å²) in [5.41, 5.74) is 5.52. The summed E-state index contributed by atoms with van der Waals surface area (Å²) >= 11 is 0. The molecule has 0 saturated heterocycles. The van der Waals surface area contributed by atoms with Crippen LogP contribution in [-0.2, 0) is 27.8 Å². The molecule has 1 atom stereocenters. The second-order valence-electron chi connectivity index (χ2n) is 8.11. The number of sulfonamides is 1.